The van der Waals surface area contributed by atoms with E-state index in [1.807, 2.05) is 23.1 Å². The molecule has 3 aliphatic heterocycles. The third-order valence-electron chi connectivity index (χ3n) is 8.50. The number of anilines is 3. The van der Waals surface area contributed by atoms with Crippen molar-refractivity contribution in [1.29, 1.82) is 0 Å². The van der Waals surface area contributed by atoms with Gasteiger partial charge in [0.05, 0.1) is 23.1 Å². The van der Waals surface area contributed by atoms with E-state index in [1.54, 1.807) is 23.1 Å². The van der Waals surface area contributed by atoms with E-state index in [2.05, 4.69) is 38.1 Å². The van der Waals surface area contributed by atoms with Gasteiger partial charge in [0, 0.05) is 38.6 Å². The number of urea groups is 1. The van der Waals surface area contributed by atoms with Crippen LogP contribution in [0.25, 0.3) is 0 Å². The Balaban J connectivity index is 1.02. The molecule has 46 heavy (non-hydrogen) atoms. The highest BCUT2D eigenvalue weighted by molar-refractivity contribution is 6.10. The number of hydrogen-bond donors (Lipinski definition) is 3. The number of halogens is 4. The van der Waals surface area contributed by atoms with Crippen LogP contribution in [0.2, 0.25) is 0 Å². The lowest BCUT2D eigenvalue weighted by molar-refractivity contribution is -0.115. The zero-order chi connectivity index (χ0) is 32.3. The maximum atomic E-state index is 14.0. The van der Waals surface area contributed by atoms with Crippen LogP contribution in [0.15, 0.2) is 89.2 Å². The molecule has 2 fully saturated rings. The molecule has 3 aliphatic rings. The molecule has 6 rings (SSSR count). The first kappa shape index (κ1) is 31.1. The molecular formula is C33H33F4N7O2. The zero-order valence-electron chi connectivity index (χ0n) is 24.9. The molecule has 1 aromatic heterocycles. The second-order valence-electron chi connectivity index (χ2n) is 11.6. The van der Waals surface area contributed by atoms with Gasteiger partial charge in [0.2, 0.25) is 0 Å². The second-order valence-corrected chi connectivity index (χ2v) is 11.6. The predicted molar refractivity (Wildman–Crippen MR) is 167 cm³/mol. The van der Waals surface area contributed by atoms with Crippen LogP contribution in [0.4, 0.5) is 39.5 Å². The molecular weight excluding hydrogens is 602 g/mol. The maximum Gasteiger partial charge on any atom is 0.433 e. The van der Waals surface area contributed by atoms with E-state index in [-0.39, 0.29) is 29.7 Å². The average Bonchev–Trinajstić information content (AvgIpc) is 3.72. The Bertz CT molecular complexity index is 1640. The summed E-state index contributed by atoms with van der Waals surface area (Å²) in [6, 6.07) is 18.6. The number of alkyl halides is 3. The van der Waals surface area contributed by atoms with E-state index in [9.17, 15) is 27.2 Å². The van der Waals surface area contributed by atoms with E-state index in [4.69, 9.17) is 0 Å². The number of rotatable bonds is 6. The fraction of sp³-hybridized carbons (Fsp3) is 0.333. The number of para-hydroxylation sites is 1. The number of carbonyl (C=O) groups excluding carboxylic acids is 2. The Labute approximate surface area is 263 Å². The summed E-state index contributed by atoms with van der Waals surface area (Å²) < 4.78 is 55.8. The van der Waals surface area contributed by atoms with E-state index in [0.717, 1.165) is 12.8 Å². The number of aliphatic imine (C=N–C) groups is 1. The van der Waals surface area contributed by atoms with Crippen molar-refractivity contribution in [2.75, 3.05) is 42.1 Å². The third-order valence-corrected chi connectivity index (χ3v) is 8.50. The lowest BCUT2D eigenvalue weighted by Crippen LogP contribution is -2.37. The van der Waals surface area contributed by atoms with Gasteiger partial charge in [-0.05, 0) is 55.0 Å². The number of piperidine rings is 1. The number of amidine groups is 1. The van der Waals surface area contributed by atoms with Crippen molar-refractivity contribution in [2.24, 2.45) is 4.99 Å². The number of benzene rings is 2. The Hall–Kier alpha value is -4.94. The van der Waals surface area contributed by atoms with Crippen LogP contribution in [0.1, 0.15) is 37.2 Å². The van der Waals surface area contributed by atoms with Crippen LogP contribution in [0.5, 0.6) is 0 Å². The number of aromatic nitrogens is 1. The highest BCUT2D eigenvalue weighted by Gasteiger charge is 2.43. The number of nitrogens with one attached hydrogen (secondary N) is 3. The molecule has 0 spiro atoms. The number of nitrogens with zero attached hydrogens (tertiary/aromatic N) is 4. The summed E-state index contributed by atoms with van der Waals surface area (Å²) in [6.45, 7) is 1.94. The van der Waals surface area contributed by atoms with Gasteiger partial charge in [0.15, 0.2) is 5.70 Å². The molecule has 3 amide bonds. The summed E-state index contributed by atoms with van der Waals surface area (Å²) in [5, 5.41) is 8.33. The summed E-state index contributed by atoms with van der Waals surface area (Å²) in [5.41, 5.74) is -0.0335. The number of allylic oxidation sites excluding steroid dienone is 1. The molecule has 3 aromatic rings. The lowest BCUT2D eigenvalue weighted by Gasteiger charge is -2.33. The number of likely N-dealkylation sites (tertiary alicyclic amines) is 2. The van der Waals surface area contributed by atoms with E-state index in [1.165, 1.54) is 30.0 Å². The molecule has 13 heteroatoms. The molecule has 9 nitrogen and oxygen atoms in total. The Morgan fingerprint density at radius 3 is 2.30 bits per heavy atom. The third kappa shape index (κ3) is 7.13. The van der Waals surface area contributed by atoms with Crippen LogP contribution < -0.4 is 16.0 Å². The summed E-state index contributed by atoms with van der Waals surface area (Å²) in [4.78, 5) is 37.2. The van der Waals surface area contributed by atoms with Crippen LogP contribution in [-0.4, -0.2) is 71.0 Å². The first-order chi connectivity index (χ1) is 22.1. The monoisotopic (exact) mass is 635 g/mol. The highest BCUT2D eigenvalue weighted by atomic mass is 19.4. The van der Waals surface area contributed by atoms with Crippen molar-refractivity contribution in [2.45, 2.75) is 43.8 Å². The molecule has 0 aliphatic carbocycles. The van der Waals surface area contributed by atoms with Crippen molar-refractivity contribution in [3.05, 3.63) is 95.6 Å². The van der Waals surface area contributed by atoms with Crippen LogP contribution in [-0.2, 0) is 4.79 Å². The fourth-order valence-corrected chi connectivity index (χ4v) is 6.07. The Kier molecular flexibility index (Phi) is 8.91. The number of hydrogen-bond acceptors (Lipinski definition) is 6. The van der Waals surface area contributed by atoms with Crippen molar-refractivity contribution in [3.63, 3.8) is 0 Å². The summed E-state index contributed by atoms with van der Waals surface area (Å²) in [7, 11) is 0. The molecule has 1 atom stereocenters. The Morgan fingerprint density at radius 2 is 1.61 bits per heavy atom. The van der Waals surface area contributed by atoms with E-state index in [0.29, 0.717) is 44.3 Å². The quantitative estimate of drug-likeness (QED) is 0.273. The summed E-state index contributed by atoms with van der Waals surface area (Å²) in [6.07, 6.45) is -1.41. The van der Waals surface area contributed by atoms with Gasteiger partial charge < -0.3 is 25.8 Å². The minimum absolute atomic E-state index is 0.102. The van der Waals surface area contributed by atoms with Crippen molar-refractivity contribution in [1.82, 2.24) is 14.8 Å². The van der Waals surface area contributed by atoms with Gasteiger partial charge in [0.25, 0.3) is 5.91 Å². The van der Waals surface area contributed by atoms with Gasteiger partial charge >= 0.3 is 12.2 Å². The van der Waals surface area contributed by atoms with Gasteiger partial charge in [-0.2, -0.15) is 13.2 Å². The molecule has 0 unspecified atom stereocenters. The first-order valence-electron chi connectivity index (χ1n) is 15.2. The SMILES string of the molecule is O=C(Nc1ccc(N[C@H]2CCN(C(=O)Nc3ccccc3F)C2)nc1)C1=C(C(F)(F)F)N=C(N2CCC(c3ccccc3)CC2)C1. The van der Waals surface area contributed by atoms with E-state index >= 15 is 0 Å². The van der Waals surface area contributed by atoms with Crippen molar-refractivity contribution >= 4 is 35.0 Å². The Morgan fingerprint density at radius 1 is 0.870 bits per heavy atom. The molecule has 0 saturated carbocycles. The number of carbonyl (C=O) groups is 2. The standard InChI is InChI=1S/C33H33F4N7O2/c34-26-8-4-5-9-27(26)41-32(46)44-17-14-24(20-44)39-28-11-10-23(19-38-28)40-31(45)25-18-29(42-30(25)33(35,36)37)43-15-12-22(13-16-43)21-6-2-1-3-7-21/h1-11,19,22,24H,12-18,20H2,(H,38,39)(H,40,45)(H,41,46)/t24-/m0/s1. The largest absolute Gasteiger partial charge is 0.433 e. The summed E-state index contributed by atoms with van der Waals surface area (Å²) in [5.74, 6) is -0.332. The van der Waals surface area contributed by atoms with Gasteiger partial charge in [-0.1, -0.05) is 42.5 Å². The molecule has 4 heterocycles. The van der Waals surface area contributed by atoms with E-state index < -0.39 is 35.2 Å². The minimum atomic E-state index is -4.77. The smallest absolute Gasteiger partial charge is 0.365 e. The predicted octanol–water partition coefficient (Wildman–Crippen LogP) is 6.38. The van der Waals surface area contributed by atoms with Gasteiger partial charge in [-0.25, -0.2) is 19.2 Å². The molecule has 3 N–H and O–H groups in total. The van der Waals surface area contributed by atoms with Gasteiger partial charge in [0.1, 0.15) is 17.5 Å². The van der Waals surface area contributed by atoms with Crippen molar-refractivity contribution in [3.8, 4) is 0 Å². The molecule has 2 aromatic carbocycles. The van der Waals surface area contributed by atoms with Gasteiger partial charge in [-0.3, -0.25) is 4.79 Å². The topological polar surface area (TPSA) is 102 Å². The van der Waals surface area contributed by atoms with Gasteiger partial charge in [-0.15, -0.1) is 0 Å². The minimum Gasteiger partial charge on any atom is -0.365 e. The molecule has 0 radical (unpaired) electrons. The second kappa shape index (κ2) is 13.2. The first-order valence-corrected chi connectivity index (χ1v) is 15.2. The summed E-state index contributed by atoms with van der Waals surface area (Å²) >= 11 is 0. The van der Waals surface area contributed by atoms with Crippen LogP contribution in [0, 0.1) is 5.82 Å². The van der Waals surface area contributed by atoms with Crippen molar-refractivity contribution < 1.29 is 27.2 Å². The molecule has 2 saturated heterocycles. The average molecular weight is 636 g/mol. The lowest BCUT2D eigenvalue weighted by atomic mass is 9.89. The fourth-order valence-electron chi connectivity index (χ4n) is 6.07. The zero-order valence-corrected chi connectivity index (χ0v) is 24.9. The normalized spacial score (nSPS) is 18.9. The number of amides is 3. The maximum absolute atomic E-state index is 14.0. The van der Waals surface area contributed by atoms with Crippen LogP contribution in [0.3, 0.4) is 0 Å². The number of pyridine rings is 1. The molecule has 0 bridgehead atoms. The molecule has 240 valence electrons. The van der Waals surface area contributed by atoms with Crippen LogP contribution >= 0.6 is 0 Å². The highest BCUT2D eigenvalue weighted by Crippen LogP contribution is 2.37.